The molecule has 1 aliphatic rings. The van der Waals surface area contributed by atoms with Gasteiger partial charge in [0.1, 0.15) is 4.33 Å². The van der Waals surface area contributed by atoms with Gasteiger partial charge in [0, 0.05) is 11.5 Å². The van der Waals surface area contributed by atoms with Crippen molar-refractivity contribution >= 4 is 29.2 Å². The molecule has 1 aromatic rings. The first-order valence-corrected chi connectivity index (χ1v) is 5.60. The van der Waals surface area contributed by atoms with Gasteiger partial charge in [-0.1, -0.05) is 47.5 Å². The summed E-state index contributed by atoms with van der Waals surface area (Å²) in [4.78, 5) is 10.8. The molecule has 1 aliphatic carbocycles. The first-order chi connectivity index (χ1) is 7.85. The standard InChI is InChI=1S/C11H8Cl2F2O2/c12-11(13)7(8(11)10(16)17)5-1-3-6(4-2-5)9(14)15/h1-4,7-9H,(H,16,17)/t7-,8+/m1/s1. The van der Waals surface area contributed by atoms with Gasteiger partial charge in [-0.2, -0.15) is 0 Å². The first kappa shape index (κ1) is 12.6. The van der Waals surface area contributed by atoms with Gasteiger partial charge in [-0.25, -0.2) is 8.78 Å². The minimum Gasteiger partial charge on any atom is -0.481 e. The molecule has 0 bridgehead atoms. The Morgan fingerprint density at radius 1 is 1.29 bits per heavy atom. The maximum atomic E-state index is 12.3. The highest BCUT2D eigenvalue weighted by molar-refractivity contribution is 6.53. The predicted octanol–water partition coefficient (Wildman–Crippen LogP) is 3.60. The Morgan fingerprint density at radius 3 is 2.18 bits per heavy atom. The molecule has 2 atom stereocenters. The predicted molar refractivity (Wildman–Crippen MR) is 59.7 cm³/mol. The number of carboxylic acids is 1. The number of benzene rings is 1. The summed E-state index contributed by atoms with van der Waals surface area (Å²) in [5.41, 5.74) is 0.447. The molecular formula is C11H8Cl2F2O2. The summed E-state index contributed by atoms with van der Waals surface area (Å²) in [6.07, 6.45) is -2.55. The Kier molecular flexibility index (Phi) is 3.04. The number of halogens is 4. The summed E-state index contributed by atoms with van der Waals surface area (Å²) in [7, 11) is 0. The molecule has 6 heteroatoms. The number of hydrogen-bond donors (Lipinski definition) is 1. The second kappa shape index (κ2) is 4.10. The van der Waals surface area contributed by atoms with Gasteiger partial charge >= 0.3 is 5.97 Å². The molecule has 0 aromatic heterocycles. The van der Waals surface area contributed by atoms with Crippen molar-refractivity contribution in [3.63, 3.8) is 0 Å². The summed E-state index contributed by atoms with van der Waals surface area (Å²) in [5.74, 6) is -2.52. The van der Waals surface area contributed by atoms with Crippen molar-refractivity contribution in [2.45, 2.75) is 16.7 Å². The molecule has 1 fully saturated rings. The molecule has 1 aromatic carbocycles. The van der Waals surface area contributed by atoms with Crippen LogP contribution in [0.3, 0.4) is 0 Å². The highest BCUT2D eigenvalue weighted by Gasteiger charge is 2.68. The summed E-state index contributed by atoms with van der Waals surface area (Å²) < 4.78 is 23.3. The monoisotopic (exact) mass is 280 g/mol. The Morgan fingerprint density at radius 2 is 1.82 bits per heavy atom. The minimum absolute atomic E-state index is 0.115. The number of carboxylic acid groups (broad SMARTS) is 1. The van der Waals surface area contributed by atoms with Crippen LogP contribution in [0.4, 0.5) is 8.78 Å². The van der Waals surface area contributed by atoms with Crippen molar-refractivity contribution < 1.29 is 18.7 Å². The van der Waals surface area contributed by atoms with Crippen LogP contribution in [-0.2, 0) is 4.79 Å². The van der Waals surface area contributed by atoms with Crippen LogP contribution in [-0.4, -0.2) is 15.4 Å². The fourth-order valence-electron chi connectivity index (χ4n) is 1.90. The van der Waals surface area contributed by atoms with E-state index in [4.69, 9.17) is 28.3 Å². The summed E-state index contributed by atoms with van der Waals surface area (Å²) in [6, 6.07) is 5.38. The van der Waals surface area contributed by atoms with Gasteiger partial charge in [0.15, 0.2) is 0 Å². The average molecular weight is 281 g/mol. The summed E-state index contributed by atoms with van der Waals surface area (Å²) in [6.45, 7) is 0. The SMILES string of the molecule is O=C(O)[C@@H]1[C@@H](c2ccc(C(F)F)cc2)C1(Cl)Cl. The highest BCUT2D eigenvalue weighted by atomic mass is 35.5. The zero-order chi connectivity index (χ0) is 12.8. The Bertz CT molecular complexity index is 445. The van der Waals surface area contributed by atoms with E-state index in [9.17, 15) is 13.6 Å². The highest BCUT2D eigenvalue weighted by Crippen LogP contribution is 2.64. The molecule has 0 heterocycles. The number of carbonyl (C=O) groups is 1. The van der Waals surface area contributed by atoms with Crippen molar-refractivity contribution in [3.05, 3.63) is 35.4 Å². The number of alkyl halides is 4. The van der Waals surface area contributed by atoms with Crippen LogP contribution in [0.1, 0.15) is 23.5 Å². The Labute approximate surface area is 106 Å². The van der Waals surface area contributed by atoms with Gasteiger partial charge in [0.05, 0.1) is 5.92 Å². The lowest BCUT2D eigenvalue weighted by Gasteiger charge is -2.02. The van der Waals surface area contributed by atoms with Crippen molar-refractivity contribution in [1.82, 2.24) is 0 Å². The van der Waals surface area contributed by atoms with Gasteiger partial charge in [-0.3, -0.25) is 4.79 Å². The largest absolute Gasteiger partial charge is 0.481 e. The van der Waals surface area contributed by atoms with Crippen molar-refractivity contribution in [3.8, 4) is 0 Å². The molecule has 0 saturated heterocycles. The molecule has 0 aliphatic heterocycles. The van der Waals surface area contributed by atoms with E-state index >= 15 is 0 Å². The van der Waals surface area contributed by atoms with E-state index in [0.29, 0.717) is 5.56 Å². The lowest BCUT2D eigenvalue weighted by Crippen LogP contribution is -2.03. The molecule has 2 nitrogen and oxygen atoms in total. The van der Waals surface area contributed by atoms with E-state index in [2.05, 4.69) is 0 Å². The van der Waals surface area contributed by atoms with E-state index in [1.165, 1.54) is 24.3 Å². The van der Waals surface area contributed by atoms with Gasteiger partial charge in [-0.15, -0.1) is 0 Å². The number of hydrogen-bond acceptors (Lipinski definition) is 1. The third-order valence-electron chi connectivity index (χ3n) is 2.87. The Balaban J connectivity index is 2.23. The van der Waals surface area contributed by atoms with Gasteiger partial charge in [0.2, 0.25) is 0 Å². The normalized spacial score (nSPS) is 25.9. The van der Waals surface area contributed by atoms with Gasteiger partial charge in [-0.05, 0) is 5.56 Å². The Hall–Kier alpha value is -0.870. The molecule has 17 heavy (non-hydrogen) atoms. The zero-order valence-corrected chi connectivity index (χ0v) is 9.92. The quantitative estimate of drug-likeness (QED) is 0.859. The fourth-order valence-corrected chi connectivity index (χ4v) is 2.71. The van der Waals surface area contributed by atoms with Crippen LogP contribution in [0.25, 0.3) is 0 Å². The van der Waals surface area contributed by atoms with Gasteiger partial charge in [0.25, 0.3) is 6.43 Å². The second-order valence-corrected chi connectivity index (χ2v) is 5.38. The molecule has 92 valence electrons. The van der Waals surface area contributed by atoms with E-state index in [1.807, 2.05) is 0 Å². The minimum atomic E-state index is -2.55. The van der Waals surface area contributed by atoms with Crippen LogP contribution in [0.15, 0.2) is 24.3 Å². The molecule has 0 spiro atoms. The van der Waals surface area contributed by atoms with Crippen LogP contribution in [0.5, 0.6) is 0 Å². The lowest BCUT2D eigenvalue weighted by atomic mass is 10.1. The van der Waals surface area contributed by atoms with E-state index < -0.39 is 28.6 Å². The summed E-state index contributed by atoms with van der Waals surface area (Å²) >= 11 is 11.7. The number of aliphatic carboxylic acids is 1. The topological polar surface area (TPSA) is 37.3 Å². The zero-order valence-electron chi connectivity index (χ0n) is 8.41. The smallest absolute Gasteiger partial charge is 0.310 e. The fraction of sp³-hybridized carbons (Fsp3) is 0.364. The first-order valence-electron chi connectivity index (χ1n) is 4.84. The second-order valence-electron chi connectivity index (χ2n) is 3.94. The van der Waals surface area contributed by atoms with Crippen LogP contribution in [0, 0.1) is 5.92 Å². The van der Waals surface area contributed by atoms with Crippen molar-refractivity contribution in [2.75, 3.05) is 0 Å². The lowest BCUT2D eigenvalue weighted by molar-refractivity contribution is -0.138. The van der Waals surface area contributed by atoms with Crippen molar-refractivity contribution in [2.24, 2.45) is 5.92 Å². The molecular weight excluding hydrogens is 273 g/mol. The molecule has 1 N–H and O–H groups in total. The van der Waals surface area contributed by atoms with Crippen LogP contribution < -0.4 is 0 Å². The van der Waals surface area contributed by atoms with E-state index in [0.717, 1.165) is 0 Å². The number of rotatable bonds is 3. The van der Waals surface area contributed by atoms with E-state index in [-0.39, 0.29) is 5.56 Å². The van der Waals surface area contributed by atoms with E-state index in [1.54, 1.807) is 0 Å². The van der Waals surface area contributed by atoms with Gasteiger partial charge < -0.3 is 5.11 Å². The van der Waals surface area contributed by atoms with Crippen molar-refractivity contribution in [1.29, 1.82) is 0 Å². The third-order valence-corrected chi connectivity index (χ3v) is 3.81. The molecule has 2 rings (SSSR count). The molecule has 0 radical (unpaired) electrons. The molecule has 1 saturated carbocycles. The van der Waals surface area contributed by atoms with Crippen LogP contribution in [0.2, 0.25) is 0 Å². The molecule has 0 amide bonds. The van der Waals surface area contributed by atoms with Crippen LogP contribution >= 0.6 is 23.2 Å². The average Bonchev–Trinajstić information content (AvgIpc) is 2.82. The third kappa shape index (κ3) is 2.11. The maximum absolute atomic E-state index is 12.3. The molecule has 0 unspecified atom stereocenters. The maximum Gasteiger partial charge on any atom is 0.310 e. The summed E-state index contributed by atoms with van der Waals surface area (Å²) in [5, 5.41) is 8.87.